The Morgan fingerprint density at radius 1 is 1.00 bits per heavy atom. The molecule has 0 aliphatic heterocycles. The van der Waals surface area contributed by atoms with Gasteiger partial charge in [-0.1, -0.05) is 25.1 Å². The number of carbonyl (C=O) groups is 3. The average molecular weight is 388 g/mol. The molecule has 2 aromatic carbocycles. The van der Waals surface area contributed by atoms with Crippen LogP contribution in [0.1, 0.15) is 13.3 Å². The summed E-state index contributed by atoms with van der Waals surface area (Å²) in [5.41, 5.74) is 0.399. The van der Waals surface area contributed by atoms with Gasteiger partial charge in [0.05, 0.1) is 6.54 Å². The molecule has 0 spiro atoms. The molecule has 2 rings (SSSR count). The van der Waals surface area contributed by atoms with Crippen LogP contribution in [0.2, 0.25) is 0 Å². The lowest BCUT2D eigenvalue weighted by atomic mass is 10.2. The van der Waals surface area contributed by atoms with E-state index in [2.05, 4.69) is 10.6 Å². The van der Waals surface area contributed by atoms with Crippen LogP contribution in [0.3, 0.4) is 0 Å². The molecule has 1 atom stereocenters. The molecule has 7 nitrogen and oxygen atoms in total. The van der Waals surface area contributed by atoms with E-state index in [9.17, 15) is 18.8 Å². The summed E-state index contributed by atoms with van der Waals surface area (Å²) >= 11 is 0. The van der Waals surface area contributed by atoms with Gasteiger partial charge in [0.2, 0.25) is 5.91 Å². The predicted molar refractivity (Wildman–Crippen MR) is 100 cm³/mol. The fourth-order valence-electron chi connectivity index (χ4n) is 2.16. The molecule has 0 unspecified atom stereocenters. The molecular weight excluding hydrogens is 367 g/mol. The van der Waals surface area contributed by atoms with Crippen molar-refractivity contribution in [1.82, 2.24) is 5.32 Å². The summed E-state index contributed by atoms with van der Waals surface area (Å²) in [5.74, 6) is -1.69. The zero-order valence-electron chi connectivity index (χ0n) is 15.3. The third-order valence-electron chi connectivity index (χ3n) is 3.57. The van der Waals surface area contributed by atoms with Crippen molar-refractivity contribution in [3.63, 3.8) is 0 Å². The number of ether oxygens (including phenoxy) is 2. The van der Waals surface area contributed by atoms with Crippen LogP contribution in [-0.2, 0) is 19.1 Å². The fraction of sp³-hybridized carbons (Fsp3) is 0.250. The van der Waals surface area contributed by atoms with Gasteiger partial charge < -0.3 is 20.1 Å². The Kier molecular flexibility index (Phi) is 7.95. The molecule has 0 aliphatic carbocycles. The van der Waals surface area contributed by atoms with Gasteiger partial charge in [-0.3, -0.25) is 9.59 Å². The Balaban J connectivity index is 1.71. The van der Waals surface area contributed by atoms with Crippen LogP contribution in [0.5, 0.6) is 5.75 Å². The Morgan fingerprint density at radius 2 is 1.68 bits per heavy atom. The first-order chi connectivity index (χ1) is 13.5. The second kappa shape index (κ2) is 10.7. The van der Waals surface area contributed by atoms with Crippen molar-refractivity contribution in [2.45, 2.75) is 19.4 Å². The van der Waals surface area contributed by atoms with E-state index in [4.69, 9.17) is 9.47 Å². The van der Waals surface area contributed by atoms with Crippen molar-refractivity contribution < 1.29 is 28.2 Å². The van der Waals surface area contributed by atoms with Crippen LogP contribution >= 0.6 is 0 Å². The summed E-state index contributed by atoms with van der Waals surface area (Å²) in [6.45, 7) is 0.914. The summed E-state index contributed by atoms with van der Waals surface area (Å²) in [7, 11) is 0. The van der Waals surface area contributed by atoms with Crippen LogP contribution in [0.25, 0.3) is 0 Å². The Labute approximate surface area is 161 Å². The summed E-state index contributed by atoms with van der Waals surface area (Å²) in [6.07, 6.45) is -0.466. The number of benzene rings is 2. The normalized spacial score (nSPS) is 11.2. The molecule has 28 heavy (non-hydrogen) atoms. The minimum atomic E-state index is -0.836. The molecule has 0 fully saturated rings. The van der Waals surface area contributed by atoms with Crippen LogP contribution in [0, 0.1) is 5.82 Å². The maximum Gasteiger partial charge on any atom is 0.347 e. The van der Waals surface area contributed by atoms with Crippen LogP contribution in [-0.4, -0.2) is 37.0 Å². The average Bonchev–Trinajstić information content (AvgIpc) is 2.71. The second-order valence-electron chi connectivity index (χ2n) is 5.77. The minimum absolute atomic E-state index is 0.314. The van der Waals surface area contributed by atoms with Gasteiger partial charge in [0.15, 0.2) is 12.7 Å². The number of rotatable bonds is 9. The van der Waals surface area contributed by atoms with Gasteiger partial charge in [0.25, 0.3) is 5.91 Å². The first kappa shape index (κ1) is 20.9. The van der Waals surface area contributed by atoms with Crippen LogP contribution in [0.4, 0.5) is 10.1 Å². The molecule has 0 heterocycles. The highest BCUT2D eigenvalue weighted by Crippen LogP contribution is 2.13. The molecule has 0 radical (unpaired) electrons. The molecule has 0 bridgehead atoms. The van der Waals surface area contributed by atoms with Crippen molar-refractivity contribution in [3.8, 4) is 5.75 Å². The molecule has 148 valence electrons. The molecule has 8 heteroatoms. The smallest absolute Gasteiger partial charge is 0.347 e. The highest BCUT2D eigenvalue weighted by Gasteiger charge is 2.21. The highest BCUT2D eigenvalue weighted by atomic mass is 19.1. The lowest BCUT2D eigenvalue weighted by Crippen LogP contribution is -2.37. The Morgan fingerprint density at radius 3 is 2.32 bits per heavy atom. The lowest BCUT2D eigenvalue weighted by Gasteiger charge is -2.16. The van der Waals surface area contributed by atoms with E-state index in [0.29, 0.717) is 17.9 Å². The quantitative estimate of drug-likeness (QED) is 0.643. The number of amides is 2. The maximum absolute atomic E-state index is 12.8. The first-order valence-electron chi connectivity index (χ1n) is 8.68. The highest BCUT2D eigenvalue weighted by molar-refractivity contribution is 5.94. The maximum atomic E-state index is 12.8. The summed E-state index contributed by atoms with van der Waals surface area (Å²) in [4.78, 5) is 35.6. The molecule has 0 aromatic heterocycles. The van der Waals surface area contributed by atoms with Gasteiger partial charge in [0, 0.05) is 5.69 Å². The lowest BCUT2D eigenvalue weighted by molar-refractivity contribution is -0.155. The number of carbonyl (C=O) groups excluding carboxylic acids is 3. The van der Waals surface area contributed by atoms with Crippen molar-refractivity contribution >= 4 is 23.5 Å². The number of para-hydroxylation sites is 1. The van der Waals surface area contributed by atoms with Gasteiger partial charge >= 0.3 is 5.97 Å². The van der Waals surface area contributed by atoms with E-state index in [0.717, 1.165) is 0 Å². The van der Waals surface area contributed by atoms with Gasteiger partial charge in [-0.25, -0.2) is 9.18 Å². The zero-order valence-corrected chi connectivity index (χ0v) is 15.3. The number of nitrogens with one attached hydrogen (secondary N) is 2. The topological polar surface area (TPSA) is 93.7 Å². The molecule has 0 saturated carbocycles. The van der Waals surface area contributed by atoms with Crippen molar-refractivity contribution in [2.75, 3.05) is 18.5 Å². The fourth-order valence-corrected chi connectivity index (χ4v) is 2.16. The van der Waals surface area contributed by atoms with Crippen molar-refractivity contribution in [1.29, 1.82) is 0 Å². The van der Waals surface area contributed by atoms with Gasteiger partial charge in [0.1, 0.15) is 11.6 Å². The molecule has 0 saturated heterocycles. The number of hydrogen-bond donors (Lipinski definition) is 2. The van der Waals surface area contributed by atoms with Crippen molar-refractivity contribution in [2.24, 2.45) is 0 Å². The monoisotopic (exact) mass is 388 g/mol. The third-order valence-corrected chi connectivity index (χ3v) is 3.57. The number of halogens is 1. The largest absolute Gasteiger partial charge is 0.479 e. The van der Waals surface area contributed by atoms with Gasteiger partial charge in [-0.15, -0.1) is 0 Å². The van der Waals surface area contributed by atoms with Crippen LogP contribution in [0.15, 0.2) is 54.6 Å². The number of anilines is 1. The van der Waals surface area contributed by atoms with Crippen molar-refractivity contribution in [3.05, 3.63) is 60.4 Å². The molecule has 0 aliphatic rings. The summed E-state index contributed by atoms with van der Waals surface area (Å²) < 4.78 is 23.3. The first-order valence-corrected chi connectivity index (χ1v) is 8.68. The molecule has 2 N–H and O–H groups in total. The van der Waals surface area contributed by atoms with Gasteiger partial charge in [-0.05, 0) is 42.8 Å². The van der Waals surface area contributed by atoms with E-state index in [-0.39, 0.29) is 6.54 Å². The standard InChI is InChI=1S/C20H21FN2O5/c1-2-17(28-16-6-4-3-5-7-16)20(26)27-13-19(25)22-12-18(24)23-15-10-8-14(21)9-11-15/h3-11,17H,2,12-13H2,1H3,(H,22,25)(H,23,24)/t17-/m1/s1. The summed E-state index contributed by atoms with van der Waals surface area (Å²) in [5, 5.41) is 4.83. The third kappa shape index (κ3) is 7.06. The number of esters is 1. The van der Waals surface area contributed by atoms with Crippen LogP contribution < -0.4 is 15.4 Å². The van der Waals surface area contributed by atoms with E-state index in [1.54, 1.807) is 31.2 Å². The molecular formula is C20H21FN2O5. The Bertz CT molecular complexity index is 796. The zero-order chi connectivity index (χ0) is 20.4. The number of hydrogen-bond acceptors (Lipinski definition) is 5. The van der Waals surface area contributed by atoms with E-state index < -0.39 is 36.3 Å². The second-order valence-corrected chi connectivity index (χ2v) is 5.77. The van der Waals surface area contributed by atoms with Gasteiger partial charge in [-0.2, -0.15) is 0 Å². The van der Waals surface area contributed by atoms with E-state index in [1.165, 1.54) is 24.3 Å². The SMILES string of the molecule is CC[C@@H](Oc1ccccc1)C(=O)OCC(=O)NCC(=O)Nc1ccc(F)cc1. The Hall–Kier alpha value is -3.42. The molecule has 2 aromatic rings. The molecule has 2 amide bonds. The predicted octanol–water partition coefficient (Wildman–Crippen LogP) is 2.28. The minimum Gasteiger partial charge on any atom is -0.479 e. The van der Waals surface area contributed by atoms with E-state index in [1.807, 2.05) is 6.07 Å². The summed E-state index contributed by atoms with van der Waals surface area (Å²) in [6, 6.07) is 14.0. The van der Waals surface area contributed by atoms with E-state index >= 15 is 0 Å².